The van der Waals surface area contributed by atoms with Crippen molar-refractivity contribution in [3.8, 4) is 0 Å². The number of amides is 2. The molecule has 5 heteroatoms. The fourth-order valence-corrected chi connectivity index (χ4v) is 4.47. The fourth-order valence-electron chi connectivity index (χ4n) is 4.47. The zero-order valence-corrected chi connectivity index (χ0v) is 13.8. The molecule has 0 aromatic carbocycles. The molecule has 3 rings (SSSR count). The van der Waals surface area contributed by atoms with E-state index in [0.29, 0.717) is 38.8 Å². The summed E-state index contributed by atoms with van der Waals surface area (Å²) in [4.78, 5) is 30.2. The quantitative estimate of drug-likeness (QED) is 0.773. The number of carbonyl (C=O) groups excluding carboxylic acids is 2. The van der Waals surface area contributed by atoms with Crippen LogP contribution in [-0.4, -0.2) is 71.8 Å². The van der Waals surface area contributed by atoms with Gasteiger partial charge in [0.2, 0.25) is 11.8 Å². The van der Waals surface area contributed by atoms with Crippen LogP contribution >= 0.6 is 0 Å². The van der Waals surface area contributed by atoms with Gasteiger partial charge in [-0.05, 0) is 38.1 Å². The summed E-state index contributed by atoms with van der Waals surface area (Å²) in [6.45, 7) is 6.04. The largest absolute Gasteiger partial charge is 0.339 e. The lowest BCUT2D eigenvalue weighted by Gasteiger charge is -2.44. The molecule has 2 amide bonds. The Morgan fingerprint density at radius 3 is 2.23 bits per heavy atom. The zero-order valence-electron chi connectivity index (χ0n) is 13.8. The minimum atomic E-state index is 0.119. The molecule has 124 valence electrons. The Morgan fingerprint density at radius 1 is 0.864 bits per heavy atom. The van der Waals surface area contributed by atoms with E-state index in [9.17, 15) is 9.59 Å². The molecule has 2 heterocycles. The Balaban J connectivity index is 1.52. The average Bonchev–Trinajstić information content (AvgIpc) is 2.55. The number of piperazine rings is 1. The maximum absolute atomic E-state index is 12.6. The van der Waals surface area contributed by atoms with Crippen molar-refractivity contribution in [2.24, 2.45) is 5.92 Å². The van der Waals surface area contributed by atoms with Crippen LogP contribution in [0.2, 0.25) is 0 Å². The van der Waals surface area contributed by atoms with Crippen LogP contribution in [0.4, 0.5) is 0 Å². The highest BCUT2D eigenvalue weighted by atomic mass is 16.2. The van der Waals surface area contributed by atoms with Crippen LogP contribution in [0.25, 0.3) is 0 Å². The molecule has 0 aromatic rings. The van der Waals surface area contributed by atoms with Crippen LogP contribution in [0.15, 0.2) is 0 Å². The first-order valence-corrected chi connectivity index (χ1v) is 8.92. The molecule has 22 heavy (non-hydrogen) atoms. The molecule has 2 aliphatic heterocycles. The van der Waals surface area contributed by atoms with Crippen molar-refractivity contribution < 1.29 is 9.59 Å². The molecule has 3 aliphatic rings. The molecule has 2 saturated heterocycles. The predicted octanol–water partition coefficient (Wildman–Crippen LogP) is 1.33. The fraction of sp³-hybridized carbons (Fsp3) is 0.882. The van der Waals surface area contributed by atoms with Crippen molar-refractivity contribution >= 4 is 11.8 Å². The normalized spacial score (nSPS) is 30.0. The number of likely N-dealkylation sites (tertiary alicyclic amines) is 1. The number of nitrogens with zero attached hydrogens (tertiary/aromatic N) is 3. The first kappa shape index (κ1) is 15.8. The van der Waals surface area contributed by atoms with Crippen molar-refractivity contribution in [3.63, 3.8) is 0 Å². The second kappa shape index (κ2) is 6.99. The summed E-state index contributed by atoms with van der Waals surface area (Å²) in [5.74, 6) is 1.20. The predicted molar refractivity (Wildman–Crippen MR) is 85.4 cm³/mol. The van der Waals surface area contributed by atoms with E-state index in [0.717, 1.165) is 12.5 Å². The maximum Gasteiger partial charge on any atom is 0.236 e. The van der Waals surface area contributed by atoms with Crippen LogP contribution in [-0.2, 0) is 9.59 Å². The van der Waals surface area contributed by atoms with Gasteiger partial charge in [-0.25, -0.2) is 0 Å². The number of hydrogen-bond donors (Lipinski definition) is 0. The molecular formula is C17H29N3O2. The molecule has 3 fully saturated rings. The summed E-state index contributed by atoms with van der Waals surface area (Å²) in [6.07, 6.45) is 7.92. The van der Waals surface area contributed by atoms with Crippen molar-refractivity contribution in [2.75, 3.05) is 39.3 Å². The minimum absolute atomic E-state index is 0.119. The molecule has 2 atom stereocenters. The Morgan fingerprint density at radius 2 is 1.50 bits per heavy atom. The zero-order chi connectivity index (χ0) is 15.5. The van der Waals surface area contributed by atoms with E-state index in [1.54, 1.807) is 6.92 Å². The van der Waals surface area contributed by atoms with E-state index in [4.69, 9.17) is 0 Å². The topological polar surface area (TPSA) is 43.9 Å². The summed E-state index contributed by atoms with van der Waals surface area (Å²) >= 11 is 0. The summed E-state index contributed by atoms with van der Waals surface area (Å²) in [5, 5.41) is 0. The van der Waals surface area contributed by atoms with Gasteiger partial charge in [0.1, 0.15) is 0 Å². The minimum Gasteiger partial charge on any atom is -0.339 e. The van der Waals surface area contributed by atoms with E-state index in [1.165, 1.54) is 38.5 Å². The number of fused-ring (bicyclic) bond motifs is 1. The lowest BCUT2D eigenvalue weighted by molar-refractivity contribution is -0.140. The first-order valence-electron chi connectivity index (χ1n) is 8.92. The molecule has 0 N–H and O–H groups in total. The van der Waals surface area contributed by atoms with Gasteiger partial charge in [0.05, 0.1) is 6.54 Å². The molecule has 0 bridgehead atoms. The molecule has 0 aromatic heterocycles. The molecule has 5 nitrogen and oxygen atoms in total. The number of carbonyl (C=O) groups is 2. The maximum atomic E-state index is 12.6. The third-order valence-electron chi connectivity index (χ3n) is 5.77. The highest BCUT2D eigenvalue weighted by Crippen LogP contribution is 2.35. The standard InChI is InChI=1S/C17H29N3O2/c1-14(21)18-9-11-19(12-10-18)17(22)13-20-8-4-6-15-5-2-3-7-16(15)20/h15-16H,2-13H2,1H3. The van der Waals surface area contributed by atoms with E-state index >= 15 is 0 Å². The van der Waals surface area contributed by atoms with Crippen LogP contribution in [0.1, 0.15) is 45.4 Å². The smallest absolute Gasteiger partial charge is 0.236 e. The van der Waals surface area contributed by atoms with Crippen molar-refractivity contribution in [3.05, 3.63) is 0 Å². The summed E-state index contributed by atoms with van der Waals surface area (Å²) in [6, 6.07) is 0.643. The van der Waals surface area contributed by atoms with Crippen LogP contribution in [0.3, 0.4) is 0 Å². The molecule has 1 saturated carbocycles. The summed E-state index contributed by atoms with van der Waals surface area (Å²) in [5.41, 5.74) is 0. The first-order chi connectivity index (χ1) is 10.6. The van der Waals surface area contributed by atoms with Gasteiger partial charge in [0, 0.05) is 39.1 Å². The molecular weight excluding hydrogens is 278 g/mol. The van der Waals surface area contributed by atoms with E-state index in [-0.39, 0.29) is 11.8 Å². The lowest BCUT2D eigenvalue weighted by atomic mass is 9.78. The second-order valence-electron chi connectivity index (χ2n) is 7.11. The monoisotopic (exact) mass is 307 g/mol. The Bertz CT molecular complexity index is 416. The summed E-state index contributed by atoms with van der Waals surface area (Å²) < 4.78 is 0. The summed E-state index contributed by atoms with van der Waals surface area (Å²) in [7, 11) is 0. The van der Waals surface area contributed by atoms with Crippen molar-refractivity contribution in [1.82, 2.24) is 14.7 Å². The number of hydrogen-bond acceptors (Lipinski definition) is 3. The molecule has 0 radical (unpaired) electrons. The Hall–Kier alpha value is -1.10. The number of rotatable bonds is 2. The van der Waals surface area contributed by atoms with Gasteiger partial charge in [-0.3, -0.25) is 14.5 Å². The SMILES string of the molecule is CC(=O)N1CCN(C(=O)CN2CCCC3CCCCC32)CC1. The van der Waals surface area contributed by atoms with Crippen LogP contribution in [0.5, 0.6) is 0 Å². The third kappa shape index (κ3) is 3.45. The second-order valence-corrected chi connectivity index (χ2v) is 7.11. The van der Waals surface area contributed by atoms with Gasteiger partial charge in [0.25, 0.3) is 0 Å². The van der Waals surface area contributed by atoms with Gasteiger partial charge in [-0.1, -0.05) is 12.8 Å². The molecule has 0 spiro atoms. The van der Waals surface area contributed by atoms with Crippen molar-refractivity contribution in [1.29, 1.82) is 0 Å². The number of piperidine rings is 1. The molecule has 2 unspecified atom stereocenters. The van der Waals surface area contributed by atoms with Gasteiger partial charge < -0.3 is 9.80 Å². The Labute approximate surface area is 133 Å². The average molecular weight is 307 g/mol. The van der Waals surface area contributed by atoms with E-state index in [2.05, 4.69) is 4.90 Å². The van der Waals surface area contributed by atoms with Gasteiger partial charge in [0.15, 0.2) is 0 Å². The van der Waals surface area contributed by atoms with E-state index in [1.807, 2.05) is 9.80 Å². The van der Waals surface area contributed by atoms with Gasteiger partial charge >= 0.3 is 0 Å². The van der Waals surface area contributed by atoms with Gasteiger partial charge in [-0.2, -0.15) is 0 Å². The van der Waals surface area contributed by atoms with Gasteiger partial charge in [-0.15, -0.1) is 0 Å². The highest BCUT2D eigenvalue weighted by Gasteiger charge is 2.35. The van der Waals surface area contributed by atoms with Crippen LogP contribution < -0.4 is 0 Å². The Kier molecular flexibility index (Phi) is 5.01. The van der Waals surface area contributed by atoms with Crippen LogP contribution in [0, 0.1) is 5.92 Å². The lowest BCUT2D eigenvalue weighted by Crippen LogP contribution is -2.55. The highest BCUT2D eigenvalue weighted by molar-refractivity contribution is 5.79. The third-order valence-corrected chi connectivity index (χ3v) is 5.77. The van der Waals surface area contributed by atoms with E-state index < -0.39 is 0 Å². The molecule has 1 aliphatic carbocycles. The van der Waals surface area contributed by atoms with Crippen molar-refractivity contribution in [2.45, 2.75) is 51.5 Å².